The molecule has 1 nitrogen and oxygen atoms in total. The van der Waals surface area contributed by atoms with Gasteiger partial charge in [-0.3, -0.25) is 0 Å². The highest BCUT2D eigenvalue weighted by Crippen LogP contribution is 2.42. The van der Waals surface area contributed by atoms with E-state index in [2.05, 4.69) is 22.0 Å². The van der Waals surface area contributed by atoms with Gasteiger partial charge >= 0.3 is 0 Å². The number of halogens is 1. The molecule has 0 aromatic rings. The monoisotopic (exact) mass is 202 g/mol. The van der Waals surface area contributed by atoms with E-state index in [0.717, 1.165) is 0 Å². The van der Waals surface area contributed by atoms with Crippen LogP contribution < -0.4 is 0 Å². The van der Waals surface area contributed by atoms with Crippen molar-refractivity contribution in [2.45, 2.75) is 23.8 Å². The van der Waals surface area contributed by atoms with E-state index in [-0.39, 0.29) is 6.10 Å². The van der Waals surface area contributed by atoms with E-state index < -0.39 is 0 Å². The van der Waals surface area contributed by atoms with E-state index in [0.29, 0.717) is 16.7 Å². The van der Waals surface area contributed by atoms with Crippen molar-refractivity contribution in [3.05, 3.63) is 12.2 Å². The molecule has 0 radical (unpaired) electrons. The van der Waals surface area contributed by atoms with Gasteiger partial charge in [-0.2, -0.15) is 0 Å². The summed E-state index contributed by atoms with van der Waals surface area (Å²) in [6.45, 7) is 0. The molecule has 56 valence electrons. The molecule has 2 rings (SSSR count). The molecule has 0 spiro atoms. The SMILES string of the molecule is OC1C=C[C@@H]2CC[C@H]1[C@H]2Br. The van der Waals surface area contributed by atoms with E-state index >= 15 is 0 Å². The second-order valence-electron chi connectivity index (χ2n) is 3.22. The molecule has 4 atom stereocenters. The van der Waals surface area contributed by atoms with Crippen molar-refractivity contribution in [2.24, 2.45) is 11.8 Å². The second-order valence-corrected chi connectivity index (χ2v) is 4.28. The van der Waals surface area contributed by atoms with Gasteiger partial charge in [0.1, 0.15) is 0 Å². The molecule has 0 aromatic carbocycles. The predicted molar refractivity (Wildman–Crippen MR) is 44.1 cm³/mol. The number of alkyl halides is 1. The molecule has 2 aliphatic carbocycles. The normalized spacial score (nSPS) is 51.8. The summed E-state index contributed by atoms with van der Waals surface area (Å²) in [7, 11) is 0. The second kappa shape index (κ2) is 2.35. The lowest BCUT2D eigenvalue weighted by Crippen LogP contribution is -2.28. The Bertz CT molecular complexity index is 167. The molecule has 2 aliphatic rings. The first-order chi connectivity index (χ1) is 4.79. The molecule has 10 heavy (non-hydrogen) atoms. The lowest BCUT2D eigenvalue weighted by Gasteiger charge is -2.24. The summed E-state index contributed by atoms with van der Waals surface area (Å²) in [6, 6.07) is 0. The third-order valence-corrected chi connectivity index (χ3v) is 4.00. The van der Waals surface area contributed by atoms with E-state index in [1.54, 1.807) is 0 Å². The van der Waals surface area contributed by atoms with Crippen molar-refractivity contribution in [3.63, 3.8) is 0 Å². The summed E-state index contributed by atoms with van der Waals surface area (Å²) >= 11 is 3.61. The maximum atomic E-state index is 9.45. The highest BCUT2D eigenvalue weighted by atomic mass is 79.9. The third-order valence-electron chi connectivity index (χ3n) is 2.65. The van der Waals surface area contributed by atoms with Gasteiger partial charge in [-0.25, -0.2) is 0 Å². The zero-order valence-corrected chi connectivity index (χ0v) is 7.29. The fraction of sp³-hybridized carbons (Fsp3) is 0.750. The number of hydrogen-bond donors (Lipinski definition) is 1. The lowest BCUT2D eigenvalue weighted by molar-refractivity contribution is 0.153. The van der Waals surface area contributed by atoms with E-state index in [9.17, 15) is 5.11 Å². The zero-order chi connectivity index (χ0) is 7.14. The fourth-order valence-corrected chi connectivity index (χ4v) is 3.00. The Hall–Kier alpha value is 0.180. The third kappa shape index (κ3) is 0.857. The van der Waals surface area contributed by atoms with Crippen LogP contribution in [0.4, 0.5) is 0 Å². The molecule has 2 bridgehead atoms. The van der Waals surface area contributed by atoms with Crippen LogP contribution in [0.5, 0.6) is 0 Å². The van der Waals surface area contributed by atoms with Crippen LogP contribution in [0.3, 0.4) is 0 Å². The van der Waals surface area contributed by atoms with Crippen molar-refractivity contribution in [3.8, 4) is 0 Å². The van der Waals surface area contributed by atoms with E-state index in [1.165, 1.54) is 12.8 Å². The Morgan fingerprint density at radius 2 is 2.10 bits per heavy atom. The van der Waals surface area contributed by atoms with Crippen LogP contribution in [-0.4, -0.2) is 16.0 Å². The first-order valence-corrected chi connectivity index (χ1v) is 4.71. The van der Waals surface area contributed by atoms with Crippen LogP contribution in [0, 0.1) is 11.8 Å². The van der Waals surface area contributed by atoms with Crippen molar-refractivity contribution in [2.75, 3.05) is 0 Å². The largest absolute Gasteiger partial charge is 0.389 e. The number of aliphatic hydroxyl groups excluding tert-OH is 1. The molecule has 0 aliphatic heterocycles. The van der Waals surface area contributed by atoms with Crippen LogP contribution in [0.25, 0.3) is 0 Å². The van der Waals surface area contributed by atoms with Gasteiger partial charge in [-0.05, 0) is 18.8 Å². The summed E-state index contributed by atoms with van der Waals surface area (Å²) in [5.74, 6) is 1.17. The highest BCUT2D eigenvalue weighted by Gasteiger charge is 2.38. The van der Waals surface area contributed by atoms with Gasteiger partial charge in [0.05, 0.1) is 6.10 Å². The van der Waals surface area contributed by atoms with Gasteiger partial charge in [0.25, 0.3) is 0 Å². The number of fused-ring (bicyclic) bond motifs is 2. The van der Waals surface area contributed by atoms with Gasteiger partial charge in [-0.15, -0.1) is 0 Å². The summed E-state index contributed by atoms with van der Waals surface area (Å²) in [5.41, 5.74) is 0. The maximum absolute atomic E-state index is 9.45. The Morgan fingerprint density at radius 3 is 2.80 bits per heavy atom. The Balaban J connectivity index is 2.25. The number of hydrogen-bond acceptors (Lipinski definition) is 1. The van der Waals surface area contributed by atoms with Crippen molar-refractivity contribution >= 4 is 15.9 Å². The molecular formula is C8H11BrO. The predicted octanol–water partition coefficient (Wildman–Crippen LogP) is 1.71. The molecule has 0 aromatic heterocycles. The molecule has 1 saturated carbocycles. The van der Waals surface area contributed by atoms with E-state index in [1.807, 2.05) is 6.08 Å². The molecule has 1 fully saturated rings. The highest BCUT2D eigenvalue weighted by molar-refractivity contribution is 9.09. The minimum atomic E-state index is -0.192. The average Bonchev–Trinajstić information content (AvgIpc) is 2.13. The van der Waals surface area contributed by atoms with Gasteiger partial charge in [0.15, 0.2) is 0 Å². The summed E-state index contributed by atoms with van der Waals surface area (Å²) in [5, 5.41) is 9.45. The van der Waals surface area contributed by atoms with Crippen LogP contribution in [0.15, 0.2) is 12.2 Å². The molecule has 0 saturated heterocycles. The first kappa shape index (κ1) is 6.86. The quantitative estimate of drug-likeness (QED) is 0.469. The first-order valence-electron chi connectivity index (χ1n) is 3.79. The number of allylic oxidation sites excluding steroid dienone is 1. The summed E-state index contributed by atoms with van der Waals surface area (Å²) in [4.78, 5) is 0.535. The molecular weight excluding hydrogens is 192 g/mol. The Kier molecular flexibility index (Phi) is 1.61. The molecule has 2 heteroatoms. The minimum absolute atomic E-state index is 0.192. The van der Waals surface area contributed by atoms with Crippen LogP contribution >= 0.6 is 15.9 Å². The Morgan fingerprint density at radius 1 is 1.30 bits per heavy atom. The molecule has 0 heterocycles. The van der Waals surface area contributed by atoms with Crippen molar-refractivity contribution in [1.82, 2.24) is 0 Å². The van der Waals surface area contributed by atoms with Gasteiger partial charge in [-0.1, -0.05) is 28.1 Å². The topological polar surface area (TPSA) is 20.2 Å². The van der Waals surface area contributed by atoms with Crippen LogP contribution in [0.2, 0.25) is 0 Å². The lowest BCUT2D eigenvalue weighted by atomic mass is 9.93. The van der Waals surface area contributed by atoms with Crippen LogP contribution in [-0.2, 0) is 0 Å². The molecule has 1 unspecified atom stereocenters. The Labute approximate surface area is 69.3 Å². The van der Waals surface area contributed by atoms with Crippen molar-refractivity contribution in [1.29, 1.82) is 0 Å². The summed E-state index contributed by atoms with van der Waals surface area (Å²) in [6.07, 6.45) is 6.32. The van der Waals surface area contributed by atoms with E-state index in [4.69, 9.17) is 0 Å². The fourth-order valence-electron chi connectivity index (χ4n) is 1.98. The number of rotatable bonds is 0. The van der Waals surface area contributed by atoms with Crippen LogP contribution in [0.1, 0.15) is 12.8 Å². The van der Waals surface area contributed by atoms with Gasteiger partial charge in [0, 0.05) is 10.7 Å². The zero-order valence-electron chi connectivity index (χ0n) is 5.70. The summed E-state index contributed by atoms with van der Waals surface area (Å²) < 4.78 is 0. The number of aliphatic hydroxyl groups is 1. The smallest absolute Gasteiger partial charge is 0.0760 e. The average molecular weight is 203 g/mol. The van der Waals surface area contributed by atoms with Crippen molar-refractivity contribution < 1.29 is 5.11 Å². The van der Waals surface area contributed by atoms with Gasteiger partial charge in [0.2, 0.25) is 0 Å². The minimum Gasteiger partial charge on any atom is -0.389 e. The maximum Gasteiger partial charge on any atom is 0.0760 e. The standard InChI is InChI=1S/C8H11BrO/c9-8-5-1-3-6(8)7(10)4-2-5/h2,4-8,10H,1,3H2/t5-,6+,7?,8-/m0/s1. The van der Waals surface area contributed by atoms with Gasteiger partial charge < -0.3 is 5.11 Å². The molecule has 0 amide bonds. The molecule has 1 N–H and O–H groups in total.